The Hall–Kier alpha value is -2.43. The zero-order chi connectivity index (χ0) is 20.9. The molecular weight excluding hydrogens is 412 g/mol. The third-order valence-electron chi connectivity index (χ3n) is 5.24. The summed E-state index contributed by atoms with van der Waals surface area (Å²) >= 11 is 2.98. The van der Waals surface area contributed by atoms with Crippen molar-refractivity contribution in [3.05, 3.63) is 46.6 Å². The van der Waals surface area contributed by atoms with Crippen LogP contribution in [0.25, 0.3) is 10.2 Å². The van der Waals surface area contributed by atoms with Crippen molar-refractivity contribution in [3.63, 3.8) is 0 Å². The van der Waals surface area contributed by atoms with E-state index >= 15 is 0 Å². The molecule has 1 aliphatic rings. The molecule has 7 heteroatoms. The van der Waals surface area contributed by atoms with E-state index in [1.807, 2.05) is 25.1 Å². The van der Waals surface area contributed by atoms with Gasteiger partial charge < -0.3 is 5.32 Å². The van der Waals surface area contributed by atoms with Crippen molar-refractivity contribution in [1.82, 2.24) is 9.97 Å². The van der Waals surface area contributed by atoms with Gasteiger partial charge in [-0.25, -0.2) is 9.97 Å². The number of anilines is 1. The van der Waals surface area contributed by atoms with Crippen LogP contribution in [-0.2, 0) is 17.6 Å². The minimum atomic E-state index is -0.0666. The summed E-state index contributed by atoms with van der Waals surface area (Å²) in [5.41, 5.74) is 5.06. The average Bonchev–Trinajstić information content (AvgIpc) is 3.10. The van der Waals surface area contributed by atoms with Crippen LogP contribution in [0, 0.1) is 18.3 Å². The number of aryl methyl sites for hydroxylation is 3. The second-order valence-electron chi connectivity index (χ2n) is 7.61. The van der Waals surface area contributed by atoms with Gasteiger partial charge in [-0.2, -0.15) is 5.26 Å². The Kier molecular flexibility index (Phi) is 6.66. The van der Waals surface area contributed by atoms with Gasteiger partial charge in [-0.15, -0.1) is 11.8 Å². The number of aromatic nitrogens is 2. The maximum Gasteiger partial charge on any atom is 0.226 e. The second-order valence-corrected chi connectivity index (χ2v) is 9.72. The van der Waals surface area contributed by atoms with Crippen LogP contribution < -0.4 is 5.32 Å². The molecule has 0 bridgehead atoms. The van der Waals surface area contributed by atoms with Crippen molar-refractivity contribution >= 4 is 44.4 Å². The number of nitrogens with one attached hydrogen (secondary N) is 1. The van der Waals surface area contributed by atoms with Crippen molar-refractivity contribution in [2.24, 2.45) is 0 Å². The Morgan fingerprint density at radius 1 is 1.20 bits per heavy atom. The minimum Gasteiger partial charge on any atom is -0.302 e. The molecule has 2 aromatic heterocycles. The molecule has 154 valence electrons. The lowest BCUT2D eigenvalue weighted by molar-refractivity contribution is -0.115. The zero-order valence-electron chi connectivity index (χ0n) is 17.0. The summed E-state index contributed by atoms with van der Waals surface area (Å²) in [6.45, 7) is 2.04. The van der Waals surface area contributed by atoms with Crippen LogP contribution in [0.15, 0.2) is 29.3 Å². The maximum absolute atomic E-state index is 12.4. The van der Waals surface area contributed by atoms with Crippen LogP contribution in [0.1, 0.15) is 54.5 Å². The molecule has 5 nitrogen and oxygen atoms in total. The van der Waals surface area contributed by atoms with E-state index in [2.05, 4.69) is 22.4 Å². The number of hydrogen-bond donors (Lipinski definition) is 1. The maximum atomic E-state index is 12.4. The van der Waals surface area contributed by atoms with Gasteiger partial charge in [0.05, 0.1) is 15.8 Å². The molecule has 0 spiro atoms. The second kappa shape index (κ2) is 9.59. The number of hydrogen-bond acceptors (Lipinski definition) is 6. The first-order valence-corrected chi connectivity index (χ1v) is 12.2. The van der Waals surface area contributed by atoms with Gasteiger partial charge in [-0.1, -0.05) is 30.2 Å². The molecule has 3 aromatic rings. The highest BCUT2D eigenvalue weighted by Crippen LogP contribution is 2.28. The Balaban J connectivity index is 1.37. The summed E-state index contributed by atoms with van der Waals surface area (Å²) in [5.74, 6) is 0.513. The molecule has 1 aliphatic carbocycles. The smallest absolute Gasteiger partial charge is 0.226 e. The number of amides is 1. The molecule has 0 saturated carbocycles. The number of thioether (sulfide) groups is 1. The number of fused-ring (bicyclic) bond motifs is 2. The zero-order valence-corrected chi connectivity index (χ0v) is 18.7. The Morgan fingerprint density at radius 3 is 2.87 bits per heavy atom. The molecular formula is C23H24N4OS2. The molecule has 30 heavy (non-hydrogen) atoms. The van der Waals surface area contributed by atoms with E-state index in [0.29, 0.717) is 22.9 Å². The van der Waals surface area contributed by atoms with Crippen molar-refractivity contribution in [3.8, 4) is 6.07 Å². The number of thiazole rings is 1. The molecule has 0 unspecified atom stereocenters. The monoisotopic (exact) mass is 436 g/mol. The van der Waals surface area contributed by atoms with Crippen LogP contribution in [0.2, 0.25) is 0 Å². The molecule has 1 N–H and O–H groups in total. The molecule has 1 aromatic carbocycles. The lowest BCUT2D eigenvalue weighted by Gasteiger charge is -2.15. The minimum absolute atomic E-state index is 0.0666. The lowest BCUT2D eigenvalue weighted by atomic mass is 9.96. The first kappa shape index (κ1) is 20.8. The quantitative estimate of drug-likeness (QED) is 0.523. The third kappa shape index (κ3) is 5.00. The average molecular weight is 437 g/mol. The van der Waals surface area contributed by atoms with Gasteiger partial charge in [-0.05, 0) is 61.9 Å². The van der Waals surface area contributed by atoms with Gasteiger partial charge in [0, 0.05) is 17.9 Å². The first-order chi connectivity index (χ1) is 14.6. The summed E-state index contributed by atoms with van der Waals surface area (Å²) in [6, 6.07) is 10.4. The van der Waals surface area contributed by atoms with Crippen LogP contribution >= 0.6 is 23.1 Å². The summed E-state index contributed by atoms with van der Waals surface area (Å²) in [6.07, 6.45) is 7.15. The van der Waals surface area contributed by atoms with Crippen LogP contribution in [0.5, 0.6) is 0 Å². The molecule has 2 heterocycles. The molecule has 0 radical (unpaired) electrons. The number of nitriles is 1. The molecule has 0 saturated heterocycles. The third-order valence-corrected chi connectivity index (χ3v) is 7.17. The first-order valence-electron chi connectivity index (χ1n) is 10.3. The summed E-state index contributed by atoms with van der Waals surface area (Å²) in [7, 11) is 0. The highest BCUT2D eigenvalue weighted by atomic mass is 32.2. The summed E-state index contributed by atoms with van der Waals surface area (Å²) < 4.78 is 1.07. The van der Waals surface area contributed by atoms with E-state index in [1.165, 1.54) is 47.1 Å². The number of carbonyl (C=O) groups excluding carboxylic acids is 1. The van der Waals surface area contributed by atoms with E-state index in [-0.39, 0.29) is 5.91 Å². The molecule has 0 fully saturated rings. The SMILES string of the molecule is Cc1ccc2nc(NC(=O)CCSc3nc4c(cc3C#N)CCCCCC4)sc2c1. The fourth-order valence-electron chi connectivity index (χ4n) is 3.67. The van der Waals surface area contributed by atoms with E-state index in [0.717, 1.165) is 46.6 Å². The number of carbonyl (C=O) groups is 1. The van der Waals surface area contributed by atoms with E-state index < -0.39 is 0 Å². The molecule has 0 atom stereocenters. The predicted octanol–water partition coefficient (Wildman–Crippen LogP) is 5.65. The molecule has 4 rings (SSSR count). The summed E-state index contributed by atoms with van der Waals surface area (Å²) in [4.78, 5) is 21.7. The van der Waals surface area contributed by atoms with E-state index in [1.54, 1.807) is 0 Å². The van der Waals surface area contributed by atoms with Gasteiger partial charge >= 0.3 is 0 Å². The lowest BCUT2D eigenvalue weighted by Crippen LogP contribution is -2.12. The van der Waals surface area contributed by atoms with Crippen molar-refractivity contribution in [1.29, 1.82) is 5.26 Å². The summed E-state index contributed by atoms with van der Waals surface area (Å²) in [5, 5.41) is 13.8. The number of nitrogens with zero attached hydrogens (tertiary/aromatic N) is 3. The van der Waals surface area contributed by atoms with Crippen LogP contribution in [-0.4, -0.2) is 21.6 Å². The van der Waals surface area contributed by atoms with E-state index in [4.69, 9.17) is 4.98 Å². The number of pyridine rings is 1. The fourth-order valence-corrected chi connectivity index (χ4v) is 5.56. The largest absolute Gasteiger partial charge is 0.302 e. The number of rotatable bonds is 5. The normalized spacial score (nSPS) is 13.9. The van der Waals surface area contributed by atoms with Gasteiger partial charge in [0.2, 0.25) is 5.91 Å². The molecule has 0 aliphatic heterocycles. The van der Waals surface area contributed by atoms with E-state index in [9.17, 15) is 10.1 Å². The van der Waals surface area contributed by atoms with Crippen LogP contribution in [0.3, 0.4) is 0 Å². The van der Waals surface area contributed by atoms with Crippen LogP contribution in [0.4, 0.5) is 5.13 Å². The van der Waals surface area contributed by atoms with Crippen molar-refractivity contribution in [2.45, 2.75) is 56.9 Å². The van der Waals surface area contributed by atoms with Crippen molar-refractivity contribution in [2.75, 3.05) is 11.1 Å². The standard InChI is InChI=1S/C23H24N4OS2/c1-15-8-9-19-20(12-15)30-23(26-19)27-21(28)10-11-29-22-17(14-24)13-16-6-4-2-3-5-7-18(16)25-22/h8-9,12-13H,2-7,10-11H2,1H3,(H,26,27,28). The highest BCUT2D eigenvalue weighted by Gasteiger charge is 2.15. The predicted molar refractivity (Wildman–Crippen MR) is 123 cm³/mol. The number of benzene rings is 1. The van der Waals surface area contributed by atoms with Gasteiger partial charge in [0.15, 0.2) is 5.13 Å². The Labute approximate surface area is 184 Å². The Morgan fingerprint density at radius 2 is 2.03 bits per heavy atom. The van der Waals surface area contributed by atoms with Crippen molar-refractivity contribution < 1.29 is 4.79 Å². The Bertz CT molecular complexity index is 1120. The highest BCUT2D eigenvalue weighted by molar-refractivity contribution is 7.99. The fraction of sp³-hybridized carbons (Fsp3) is 0.391. The van der Waals surface area contributed by atoms with Gasteiger partial charge in [-0.3, -0.25) is 4.79 Å². The topological polar surface area (TPSA) is 78.7 Å². The van der Waals surface area contributed by atoms with Gasteiger partial charge in [0.25, 0.3) is 0 Å². The van der Waals surface area contributed by atoms with Gasteiger partial charge in [0.1, 0.15) is 11.1 Å². The molecule has 1 amide bonds.